The van der Waals surface area contributed by atoms with Crippen LogP contribution in [0.5, 0.6) is 5.75 Å². The molecule has 3 aromatic rings. The molecule has 1 aromatic carbocycles. The molecule has 0 bridgehead atoms. The van der Waals surface area contributed by atoms with E-state index in [9.17, 15) is 27.9 Å². The predicted molar refractivity (Wildman–Crippen MR) is 139 cm³/mol. The number of halogens is 3. The first-order valence-electron chi connectivity index (χ1n) is 12.5. The van der Waals surface area contributed by atoms with Gasteiger partial charge in [0.2, 0.25) is 0 Å². The SMILES string of the molecule is CCCCn1c(=NC(=O)c2cc(C(F)(F)F)ccc2OC[C@H](C)O)sc2cc[n+](COC(=O)C(C)(C)C)cc21. The van der Waals surface area contributed by atoms with Crippen LogP contribution in [0.3, 0.4) is 0 Å². The summed E-state index contributed by atoms with van der Waals surface area (Å²) in [5.41, 5.74) is -1.27. The van der Waals surface area contributed by atoms with Gasteiger partial charge in [-0.3, -0.25) is 9.59 Å². The maximum atomic E-state index is 13.4. The highest BCUT2D eigenvalue weighted by Crippen LogP contribution is 2.33. The molecule has 0 spiro atoms. The van der Waals surface area contributed by atoms with Gasteiger partial charge in [0.1, 0.15) is 17.9 Å². The van der Waals surface area contributed by atoms with Gasteiger partial charge in [-0.15, -0.1) is 0 Å². The molecule has 0 aliphatic heterocycles. The van der Waals surface area contributed by atoms with Gasteiger partial charge in [0.15, 0.2) is 17.2 Å². The van der Waals surface area contributed by atoms with Crippen molar-refractivity contribution < 1.29 is 41.9 Å². The number of pyridine rings is 1. The molecule has 12 heteroatoms. The molecule has 0 aliphatic rings. The maximum absolute atomic E-state index is 13.4. The minimum atomic E-state index is -4.67. The molecule has 0 radical (unpaired) electrons. The lowest BCUT2D eigenvalue weighted by molar-refractivity contribution is -0.726. The van der Waals surface area contributed by atoms with E-state index < -0.39 is 29.2 Å². The Morgan fingerprint density at radius 2 is 1.92 bits per heavy atom. The number of unbranched alkanes of at least 4 members (excludes halogenated alkanes) is 1. The average molecular weight is 569 g/mol. The number of benzene rings is 1. The van der Waals surface area contributed by atoms with Crippen LogP contribution in [-0.4, -0.2) is 34.3 Å². The van der Waals surface area contributed by atoms with Crippen LogP contribution in [0, 0.1) is 5.41 Å². The number of aromatic nitrogens is 2. The number of nitrogens with zero attached hydrogens (tertiary/aromatic N) is 3. The van der Waals surface area contributed by atoms with Crippen LogP contribution in [0.15, 0.2) is 41.7 Å². The van der Waals surface area contributed by atoms with Crippen molar-refractivity contribution in [2.45, 2.75) is 73.0 Å². The Labute approximate surface area is 228 Å². The summed E-state index contributed by atoms with van der Waals surface area (Å²) in [6, 6.07) is 4.40. The third-order valence-corrected chi connectivity index (χ3v) is 6.65. The number of carbonyl (C=O) groups is 2. The standard InChI is InChI=1S/C27H33F3N3O5S/c1-6-7-11-33-20-14-32(16-38-24(36)26(3,4)5)12-10-22(20)39-25(33)31-23(35)19-13-18(27(28,29)30)8-9-21(19)37-15-17(2)34/h8-10,12-14,17,34H,6-7,11,15-16H2,1-5H3/q+1/t17-/m0/s1. The van der Waals surface area contributed by atoms with E-state index in [4.69, 9.17) is 9.47 Å². The van der Waals surface area contributed by atoms with Crippen molar-refractivity contribution in [3.8, 4) is 5.75 Å². The molecule has 3 rings (SSSR count). The first kappa shape index (κ1) is 30.3. The fraction of sp³-hybridized carbons (Fsp3) is 0.481. The number of hydrogen-bond donors (Lipinski definition) is 1. The number of aliphatic hydroxyl groups is 1. The normalized spacial score (nSPS) is 13.5. The molecule has 1 atom stereocenters. The molecule has 0 unspecified atom stereocenters. The molecule has 1 N–H and O–H groups in total. The zero-order valence-corrected chi connectivity index (χ0v) is 23.4. The first-order chi connectivity index (χ1) is 18.2. The Morgan fingerprint density at radius 1 is 1.21 bits per heavy atom. The number of aryl methyl sites for hydroxylation is 1. The molecular formula is C27H33F3N3O5S+. The number of rotatable bonds is 9. The van der Waals surface area contributed by atoms with Crippen LogP contribution in [0.1, 0.15) is 63.4 Å². The number of hydrogen-bond acceptors (Lipinski definition) is 6. The molecule has 212 valence electrons. The monoisotopic (exact) mass is 568 g/mol. The zero-order valence-electron chi connectivity index (χ0n) is 22.5. The molecular weight excluding hydrogens is 535 g/mol. The number of fused-ring (bicyclic) bond motifs is 1. The number of amides is 1. The Hall–Kier alpha value is -3.25. The summed E-state index contributed by atoms with van der Waals surface area (Å²) in [7, 11) is 0. The van der Waals surface area contributed by atoms with E-state index in [1.165, 1.54) is 18.3 Å². The summed E-state index contributed by atoms with van der Waals surface area (Å²) < 4.78 is 55.4. The summed E-state index contributed by atoms with van der Waals surface area (Å²) in [5, 5.41) is 9.55. The van der Waals surface area contributed by atoms with Crippen LogP contribution in [-0.2, 0) is 29.0 Å². The van der Waals surface area contributed by atoms with Gasteiger partial charge in [-0.1, -0.05) is 24.7 Å². The molecule has 0 saturated carbocycles. The molecule has 2 heterocycles. The van der Waals surface area contributed by atoms with Crippen molar-refractivity contribution in [2.75, 3.05) is 6.61 Å². The van der Waals surface area contributed by atoms with Crippen LogP contribution >= 0.6 is 11.3 Å². The second-order valence-corrected chi connectivity index (χ2v) is 11.2. The fourth-order valence-corrected chi connectivity index (χ4v) is 4.48. The Balaban J connectivity index is 2.06. The Bertz CT molecular complexity index is 1400. The van der Waals surface area contributed by atoms with E-state index in [1.807, 2.05) is 11.5 Å². The highest BCUT2D eigenvalue weighted by molar-refractivity contribution is 7.16. The van der Waals surface area contributed by atoms with Crippen molar-refractivity contribution in [1.29, 1.82) is 0 Å². The van der Waals surface area contributed by atoms with Crippen molar-refractivity contribution in [3.63, 3.8) is 0 Å². The van der Waals surface area contributed by atoms with Gasteiger partial charge in [0, 0.05) is 12.6 Å². The van der Waals surface area contributed by atoms with E-state index >= 15 is 0 Å². The summed E-state index contributed by atoms with van der Waals surface area (Å²) in [6.07, 6.45) is -0.408. The maximum Gasteiger partial charge on any atom is 0.416 e. The van der Waals surface area contributed by atoms with Gasteiger partial charge in [-0.2, -0.15) is 22.7 Å². The van der Waals surface area contributed by atoms with Gasteiger partial charge >= 0.3 is 12.1 Å². The molecule has 2 aromatic heterocycles. The van der Waals surface area contributed by atoms with E-state index in [1.54, 1.807) is 43.8 Å². The van der Waals surface area contributed by atoms with E-state index in [-0.39, 0.29) is 30.6 Å². The minimum absolute atomic E-state index is 0.00467. The highest BCUT2D eigenvalue weighted by atomic mass is 32.1. The van der Waals surface area contributed by atoms with Gasteiger partial charge in [-0.25, -0.2) is 0 Å². The van der Waals surface area contributed by atoms with Gasteiger partial charge in [0.05, 0.1) is 27.3 Å². The lowest BCUT2D eigenvalue weighted by Gasteiger charge is -2.14. The molecule has 8 nitrogen and oxygen atoms in total. The van der Waals surface area contributed by atoms with Gasteiger partial charge < -0.3 is 19.1 Å². The lowest BCUT2D eigenvalue weighted by Crippen LogP contribution is -2.37. The van der Waals surface area contributed by atoms with E-state index in [0.29, 0.717) is 17.4 Å². The molecule has 0 fully saturated rings. The number of thiazole rings is 1. The number of carbonyl (C=O) groups excluding carboxylic acids is 2. The van der Waals surface area contributed by atoms with Crippen molar-refractivity contribution in [2.24, 2.45) is 10.4 Å². The highest BCUT2D eigenvalue weighted by Gasteiger charge is 2.32. The Morgan fingerprint density at radius 3 is 2.54 bits per heavy atom. The third-order valence-electron chi connectivity index (χ3n) is 5.59. The van der Waals surface area contributed by atoms with Crippen LogP contribution in [0.2, 0.25) is 0 Å². The van der Waals surface area contributed by atoms with E-state index in [2.05, 4.69) is 4.99 Å². The van der Waals surface area contributed by atoms with Crippen LogP contribution in [0.25, 0.3) is 10.2 Å². The third kappa shape index (κ3) is 7.89. The number of alkyl halides is 3. The summed E-state index contributed by atoms with van der Waals surface area (Å²) in [4.78, 5) is 30.0. The second kappa shape index (κ2) is 12.3. The van der Waals surface area contributed by atoms with Gasteiger partial charge in [-0.05, 0) is 52.3 Å². The summed E-state index contributed by atoms with van der Waals surface area (Å²) in [5.74, 6) is -1.35. The second-order valence-electron chi connectivity index (χ2n) is 10.2. The van der Waals surface area contributed by atoms with Crippen LogP contribution < -0.4 is 14.1 Å². The van der Waals surface area contributed by atoms with Crippen molar-refractivity contribution >= 4 is 33.4 Å². The number of ether oxygens (including phenoxy) is 2. The quantitative estimate of drug-likeness (QED) is 0.294. The minimum Gasteiger partial charge on any atom is -0.490 e. The zero-order chi connectivity index (χ0) is 29.0. The molecule has 0 saturated heterocycles. The lowest BCUT2D eigenvalue weighted by atomic mass is 9.98. The van der Waals surface area contributed by atoms with Gasteiger partial charge in [0.25, 0.3) is 12.6 Å². The average Bonchev–Trinajstić information content (AvgIpc) is 3.19. The van der Waals surface area contributed by atoms with Crippen molar-refractivity contribution in [3.05, 3.63) is 52.6 Å². The fourth-order valence-electron chi connectivity index (χ4n) is 3.46. The smallest absolute Gasteiger partial charge is 0.416 e. The van der Waals surface area contributed by atoms with E-state index in [0.717, 1.165) is 35.2 Å². The predicted octanol–water partition coefficient (Wildman–Crippen LogP) is 4.86. The summed E-state index contributed by atoms with van der Waals surface area (Å²) in [6.45, 7) is 9.06. The molecule has 0 aliphatic carbocycles. The molecule has 1 amide bonds. The largest absolute Gasteiger partial charge is 0.490 e. The first-order valence-corrected chi connectivity index (χ1v) is 13.3. The van der Waals surface area contributed by atoms with Crippen molar-refractivity contribution in [1.82, 2.24) is 4.57 Å². The van der Waals surface area contributed by atoms with Crippen LogP contribution in [0.4, 0.5) is 13.2 Å². The molecule has 39 heavy (non-hydrogen) atoms. The summed E-state index contributed by atoms with van der Waals surface area (Å²) >= 11 is 1.22. The number of esters is 1. The topological polar surface area (TPSA) is 94.0 Å². The number of aliphatic hydroxyl groups excluding tert-OH is 1. The Kier molecular flexibility index (Phi) is 9.55.